The van der Waals surface area contributed by atoms with Crippen LogP contribution in [-0.4, -0.2) is 15.3 Å². The van der Waals surface area contributed by atoms with Crippen molar-refractivity contribution in [3.05, 3.63) is 66.9 Å². The van der Waals surface area contributed by atoms with Gasteiger partial charge in [-0.25, -0.2) is 4.98 Å². The summed E-state index contributed by atoms with van der Waals surface area (Å²) < 4.78 is 1.59. The third-order valence-corrected chi connectivity index (χ3v) is 6.88. The number of amides is 1. The number of carbonyl (C=O) groups is 1. The molecule has 1 aromatic carbocycles. The Morgan fingerprint density at radius 3 is 2.61 bits per heavy atom. The van der Waals surface area contributed by atoms with Gasteiger partial charge >= 0.3 is 0 Å². The summed E-state index contributed by atoms with van der Waals surface area (Å²) in [5.74, 6) is -0.000802. The molecule has 1 N–H and O–H groups in total. The number of fused-ring (bicyclic) bond motifs is 3. The fourth-order valence-corrected chi connectivity index (χ4v) is 5.14. The number of nitrogens with zero attached hydrogens (tertiary/aromatic N) is 2. The van der Waals surface area contributed by atoms with Gasteiger partial charge in [0.15, 0.2) is 4.96 Å². The van der Waals surface area contributed by atoms with Crippen LogP contribution in [0.4, 0.5) is 0 Å². The van der Waals surface area contributed by atoms with E-state index in [9.17, 15) is 9.59 Å². The Morgan fingerprint density at radius 2 is 1.93 bits per heavy atom. The number of hydrogen-bond donors (Lipinski definition) is 1. The quantitative estimate of drug-likeness (QED) is 0.529. The molecule has 28 heavy (non-hydrogen) atoms. The average molecular weight is 412 g/mol. The van der Waals surface area contributed by atoms with E-state index in [1.807, 2.05) is 43.5 Å². The van der Waals surface area contributed by atoms with Crippen LogP contribution in [0.5, 0.6) is 0 Å². The minimum atomic E-state index is -0.240. The SMILES string of the molecule is Cc1cc2nc3sc(C(=O)NC(c4cccs4)C(C)C)cc(=O)n3c2cc1C. The van der Waals surface area contributed by atoms with Crippen LogP contribution in [0.1, 0.15) is 45.6 Å². The Kier molecular flexibility index (Phi) is 4.81. The summed E-state index contributed by atoms with van der Waals surface area (Å²) in [5, 5.41) is 5.09. The summed E-state index contributed by atoms with van der Waals surface area (Å²) in [6.45, 7) is 8.18. The summed E-state index contributed by atoms with van der Waals surface area (Å²) in [6, 6.07) is 9.28. The van der Waals surface area contributed by atoms with Crippen molar-refractivity contribution in [2.45, 2.75) is 33.7 Å². The highest BCUT2D eigenvalue weighted by Crippen LogP contribution is 2.27. The zero-order valence-corrected chi connectivity index (χ0v) is 17.8. The van der Waals surface area contributed by atoms with Crippen LogP contribution in [0, 0.1) is 19.8 Å². The van der Waals surface area contributed by atoms with Gasteiger partial charge in [0.05, 0.1) is 17.1 Å². The van der Waals surface area contributed by atoms with Gasteiger partial charge in [-0.2, -0.15) is 0 Å². The van der Waals surface area contributed by atoms with Gasteiger partial charge in [0.25, 0.3) is 11.5 Å². The molecule has 1 amide bonds. The normalized spacial score (nSPS) is 12.8. The predicted molar refractivity (Wildman–Crippen MR) is 116 cm³/mol. The number of nitrogens with one attached hydrogen (secondary N) is 1. The molecule has 4 aromatic rings. The van der Waals surface area contributed by atoms with Crippen molar-refractivity contribution in [2.75, 3.05) is 0 Å². The highest BCUT2D eigenvalue weighted by atomic mass is 32.1. The molecule has 0 aliphatic rings. The van der Waals surface area contributed by atoms with E-state index < -0.39 is 0 Å². The molecule has 3 heterocycles. The summed E-state index contributed by atoms with van der Waals surface area (Å²) in [4.78, 5) is 32.3. The Morgan fingerprint density at radius 1 is 1.18 bits per heavy atom. The topological polar surface area (TPSA) is 63.5 Å². The second kappa shape index (κ2) is 7.14. The second-order valence-electron chi connectivity index (χ2n) is 7.31. The Labute approximate surface area is 170 Å². The minimum Gasteiger partial charge on any atom is -0.343 e. The molecule has 1 unspecified atom stereocenters. The molecule has 0 radical (unpaired) electrons. The van der Waals surface area contributed by atoms with Gasteiger partial charge in [0.1, 0.15) is 4.88 Å². The summed E-state index contributed by atoms with van der Waals surface area (Å²) in [5.41, 5.74) is 3.55. The Hall–Kier alpha value is -2.51. The first-order valence-electron chi connectivity index (χ1n) is 9.13. The van der Waals surface area contributed by atoms with Crippen LogP contribution in [0.2, 0.25) is 0 Å². The number of hydrogen-bond acceptors (Lipinski definition) is 5. The van der Waals surface area contributed by atoms with Crippen molar-refractivity contribution < 1.29 is 4.79 Å². The molecule has 144 valence electrons. The fraction of sp³-hybridized carbons (Fsp3) is 0.286. The number of carbonyl (C=O) groups excluding carboxylic acids is 1. The van der Waals surface area contributed by atoms with Crippen LogP contribution in [0.25, 0.3) is 16.0 Å². The smallest absolute Gasteiger partial charge is 0.262 e. The zero-order chi connectivity index (χ0) is 20.0. The highest BCUT2D eigenvalue weighted by Gasteiger charge is 2.22. The monoisotopic (exact) mass is 411 g/mol. The van der Waals surface area contributed by atoms with Crippen LogP contribution in [-0.2, 0) is 0 Å². The van der Waals surface area contributed by atoms with E-state index in [0.717, 1.165) is 27.0 Å². The number of aromatic nitrogens is 2. The van der Waals surface area contributed by atoms with Gasteiger partial charge in [-0.1, -0.05) is 31.3 Å². The molecule has 0 fully saturated rings. The maximum absolute atomic E-state index is 12.9. The van der Waals surface area contributed by atoms with Gasteiger partial charge < -0.3 is 5.32 Å². The van der Waals surface area contributed by atoms with Crippen LogP contribution in [0.3, 0.4) is 0 Å². The molecule has 3 aromatic heterocycles. The Bertz CT molecular complexity index is 1240. The maximum atomic E-state index is 12.9. The molecule has 0 aliphatic carbocycles. The number of aryl methyl sites for hydroxylation is 2. The van der Waals surface area contributed by atoms with Crippen LogP contribution >= 0.6 is 22.7 Å². The van der Waals surface area contributed by atoms with E-state index in [4.69, 9.17) is 0 Å². The van der Waals surface area contributed by atoms with Crippen molar-refractivity contribution in [1.82, 2.24) is 14.7 Å². The fourth-order valence-electron chi connectivity index (χ4n) is 3.26. The van der Waals surface area contributed by atoms with Gasteiger partial charge in [0, 0.05) is 10.9 Å². The lowest BCUT2D eigenvalue weighted by atomic mass is 10.0. The number of imidazole rings is 1. The molecule has 5 nitrogen and oxygen atoms in total. The third kappa shape index (κ3) is 3.25. The number of thiophene rings is 1. The second-order valence-corrected chi connectivity index (χ2v) is 9.30. The van der Waals surface area contributed by atoms with Crippen molar-refractivity contribution in [3.63, 3.8) is 0 Å². The largest absolute Gasteiger partial charge is 0.343 e. The third-order valence-electron chi connectivity index (χ3n) is 4.94. The van der Waals surface area contributed by atoms with E-state index in [1.165, 1.54) is 17.4 Å². The molecule has 0 spiro atoms. The highest BCUT2D eigenvalue weighted by molar-refractivity contribution is 7.18. The molecule has 0 saturated carbocycles. The maximum Gasteiger partial charge on any atom is 0.262 e. The van der Waals surface area contributed by atoms with Crippen LogP contribution in [0.15, 0.2) is 40.5 Å². The first kappa shape index (κ1) is 18.8. The van der Waals surface area contributed by atoms with Gasteiger partial charge in [0.2, 0.25) is 0 Å². The van der Waals surface area contributed by atoms with Crippen molar-refractivity contribution >= 4 is 44.6 Å². The van der Waals surface area contributed by atoms with Crippen molar-refractivity contribution in [1.29, 1.82) is 0 Å². The van der Waals surface area contributed by atoms with Gasteiger partial charge in [-0.3, -0.25) is 14.0 Å². The summed E-state index contributed by atoms with van der Waals surface area (Å²) >= 11 is 2.86. The van der Waals surface area contributed by atoms with Crippen molar-refractivity contribution in [3.8, 4) is 0 Å². The minimum absolute atomic E-state index is 0.0878. The summed E-state index contributed by atoms with van der Waals surface area (Å²) in [7, 11) is 0. The summed E-state index contributed by atoms with van der Waals surface area (Å²) in [6.07, 6.45) is 0. The van der Waals surface area contributed by atoms with E-state index >= 15 is 0 Å². The molecule has 7 heteroatoms. The first-order chi connectivity index (χ1) is 13.3. The molecule has 0 aliphatic heterocycles. The van der Waals surface area contributed by atoms with Crippen LogP contribution < -0.4 is 10.9 Å². The number of rotatable bonds is 4. The zero-order valence-electron chi connectivity index (χ0n) is 16.1. The number of benzene rings is 1. The van der Waals surface area contributed by atoms with Crippen molar-refractivity contribution in [2.24, 2.45) is 5.92 Å². The molecule has 0 saturated heterocycles. The first-order valence-corrected chi connectivity index (χ1v) is 10.8. The molecular formula is C21H21N3O2S2. The predicted octanol–water partition coefficient (Wildman–Crippen LogP) is 4.71. The standard InChI is InChI=1S/C21H21N3O2S2/c1-11(2)19(16-6-5-7-27-16)23-20(26)17-10-18(25)24-15-9-13(4)12(3)8-14(15)22-21(24)28-17/h5-11,19H,1-4H3,(H,23,26). The Balaban J connectivity index is 1.76. The van der Waals surface area contributed by atoms with E-state index in [2.05, 4.69) is 24.1 Å². The molecule has 0 bridgehead atoms. The molecule has 4 rings (SSSR count). The van der Waals surface area contributed by atoms with Gasteiger partial charge in [-0.15, -0.1) is 11.3 Å². The molecular weight excluding hydrogens is 390 g/mol. The van der Waals surface area contributed by atoms with E-state index in [0.29, 0.717) is 9.84 Å². The van der Waals surface area contributed by atoms with E-state index in [1.54, 1.807) is 15.7 Å². The lowest BCUT2D eigenvalue weighted by molar-refractivity contribution is 0.0930. The average Bonchev–Trinajstić information content (AvgIpc) is 3.27. The molecule has 1 atom stereocenters. The van der Waals surface area contributed by atoms with Gasteiger partial charge in [-0.05, 0) is 54.5 Å². The lowest BCUT2D eigenvalue weighted by Crippen LogP contribution is -2.31. The lowest BCUT2D eigenvalue weighted by Gasteiger charge is -2.21. The van der Waals surface area contributed by atoms with E-state index in [-0.39, 0.29) is 23.4 Å².